The average Bonchev–Trinajstić information content (AvgIpc) is 1.98. The number of allylic oxidation sites excluding steroid dienone is 3. The maximum Gasteiger partial charge on any atom is 0.241 e. The molecule has 0 bridgehead atoms. The number of rotatable bonds is 0. The van der Waals surface area contributed by atoms with Gasteiger partial charge in [0.2, 0.25) is 5.91 Å². The van der Waals surface area contributed by atoms with Crippen LogP contribution in [0.4, 0.5) is 0 Å². The zero-order chi connectivity index (χ0) is 8.10. The maximum atomic E-state index is 11.0. The van der Waals surface area contributed by atoms with Crippen molar-refractivity contribution < 1.29 is 4.79 Å². The summed E-state index contributed by atoms with van der Waals surface area (Å²) >= 11 is 0. The SMILES string of the molecule is N#CC1CC=CC=CNC1=O. The van der Waals surface area contributed by atoms with Crippen molar-refractivity contribution in [3.8, 4) is 6.07 Å². The summed E-state index contributed by atoms with van der Waals surface area (Å²) in [6.45, 7) is 0. The molecule has 0 spiro atoms. The third kappa shape index (κ3) is 1.94. The lowest BCUT2D eigenvalue weighted by molar-refractivity contribution is -0.122. The Labute approximate surface area is 65.0 Å². The molecule has 0 radical (unpaired) electrons. The topological polar surface area (TPSA) is 52.9 Å². The van der Waals surface area contributed by atoms with Crippen LogP contribution in [0.25, 0.3) is 0 Å². The molecule has 1 rings (SSSR count). The zero-order valence-electron chi connectivity index (χ0n) is 5.95. The molecule has 0 saturated carbocycles. The van der Waals surface area contributed by atoms with Crippen molar-refractivity contribution in [1.82, 2.24) is 5.32 Å². The monoisotopic (exact) mass is 148 g/mol. The van der Waals surface area contributed by atoms with Crippen molar-refractivity contribution in [2.45, 2.75) is 6.42 Å². The first kappa shape index (κ1) is 7.55. The summed E-state index contributed by atoms with van der Waals surface area (Å²) in [6.07, 6.45) is 7.37. The quantitative estimate of drug-likeness (QED) is 0.550. The molecule has 0 fully saturated rings. The van der Waals surface area contributed by atoms with E-state index in [9.17, 15) is 4.79 Å². The molecule has 1 atom stereocenters. The molecule has 1 heterocycles. The second-order valence-corrected chi connectivity index (χ2v) is 2.21. The van der Waals surface area contributed by atoms with Gasteiger partial charge in [-0.1, -0.05) is 12.2 Å². The first-order chi connectivity index (χ1) is 5.34. The Hall–Kier alpha value is -1.56. The van der Waals surface area contributed by atoms with Crippen molar-refractivity contribution in [3.63, 3.8) is 0 Å². The number of amides is 1. The Bertz CT molecular complexity index is 247. The van der Waals surface area contributed by atoms with E-state index in [4.69, 9.17) is 5.26 Å². The van der Waals surface area contributed by atoms with Gasteiger partial charge in [-0.15, -0.1) is 0 Å². The van der Waals surface area contributed by atoms with Gasteiger partial charge < -0.3 is 5.32 Å². The van der Waals surface area contributed by atoms with Crippen molar-refractivity contribution in [1.29, 1.82) is 5.26 Å². The summed E-state index contributed by atoms with van der Waals surface area (Å²) in [4.78, 5) is 11.0. The number of hydrogen-bond donors (Lipinski definition) is 1. The summed E-state index contributed by atoms with van der Waals surface area (Å²) in [5.74, 6) is -0.774. The van der Waals surface area contributed by atoms with E-state index in [1.165, 1.54) is 6.20 Å². The van der Waals surface area contributed by atoms with Crippen LogP contribution >= 0.6 is 0 Å². The first-order valence-electron chi connectivity index (χ1n) is 3.36. The molecule has 1 unspecified atom stereocenters. The third-order valence-electron chi connectivity index (χ3n) is 1.41. The van der Waals surface area contributed by atoms with E-state index in [1.54, 1.807) is 6.08 Å². The normalized spacial score (nSPS) is 23.2. The van der Waals surface area contributed by atoms with Gasteiger partial charge in [0.05, 0.1) is 6.07 Å². The van der Waals surface area contributed by atoms with Gasteiger partial charge in [0.15, 0.2) is 0 Å². The predicted octanol–water partition coefficient (Wildman–Crippen LogP) is 0.716. The van der Waals surface area contributed by atoms with Crippen LogP contribution in [0.1, 0.15) is 6.42 Å². The number of nitriles is 1. The van der Waals surface area contributed by atoms with Gasteiger partial charge in [0.25, 0.3) is 0 Å². The number of carbonyl (C=O) groups excluding carboxylic acids is 1. The van der Waals surface area contributed by atoms with E-state index < -0.39 is 5.92 Å². The highest BCUT2D eigenvalue weighted by Gasteiger charge is 2.14. The molecule has 3 heteroatoms. The van der Waals surface area contributed by atoms with Crippen LogP contribution in [-0.2, 0) is 4.79 Å². The highest BCUT2D eigenvalue weighted by molar-refractivity contribution is 5.82. The molecular formula is C8H8N2O. The lowest BCUT2D eigenvalue weighted by Crippen LogP contribution is -2.25. The predicted molar refractivity (Wildman–Crippen MR) is 40.1 cm³/mol. The van der Waals surface area contributed by atoms with Crippen LogP contribution in [0, 0.1) is 17.2 Å². The summed E-state index contributed by atoms with van der Waals surface area (Å²) in [5, 5.41) is 11.0. The first-order valence-corrected chi connectivity index (χ1v) is 3.36. The highest BCUT2D eigenvalue weighted by Crippen LogP contribution is 2.04. The van der Waals surface area contributed by atoms with Gasteiger partial charge in [-0.05, 0) is 12.5 Å². The lowest BCUT2D eigenvalue weighted by atomic mass is 10.1. The van der Waals surface area contributed by atoms with Crippen molar-refractivity contribution in [2.24, 2.45) is 5.92 Å². The molecule has 0 aromatic rings. The van der Waals surface area contributed by atoms with Gasteiger partial charge >= 0.3 is 0 Å². The fourth-order valence-corrected chi connectivity index (χ4v) is 0.798. The molecule has 56 valence electrons. The van der Waals surface area contributed by atoms with Crippen LogP contribution in [-0.4, -0.2) is 5.91 Å². The lowest BCUT2D eigenvalue weighted by Gasteiger charge is -2.05. The van der Waals surface area contributed by atoms with Crippen LogP contribution in [0.15, 0.2) is 24.4 Å². The molecule has 1 aliphatic heterocycles. The Balaban J connectivity index is 2.70. The van der Waals surface area contributed by atoms with Gasteiger partial charge in [-0.3, -0.25) is 4.79 Å². The van der Waals surface area contributed by atoms with Crippen LogP contribution in [0.2, 0.25) is 0 Å². The number of nitrogens with one attached hydrogen (secondary N) is 1. The summed E-state index contributed by atoms with van der Waals surface area (Å²) in [5.41, 5.74) is 0. The molecule has 0 aromatic carbocycles. The Morgan fingerprint density at radius 2 is 2.45 bits per heavy atom. The van der Waals surface area contributed by atoms with E-state index in [1.807, 2.05) is 18.2 Å². The molecule has 1 amide bonds. The number of hydrogen-bond acceptors (Lipinski definition) is 2. The van der Waals surface area contributed by atoms with Gasteiger partial charge in [-0.2, -0.15) is 5.26 Å². The van der Waals surface area contributed by atoms with E-state index in [-0.39, 0.29) is 5.91 Å². The van der Waals surface area contributed by atoms with Gasteiger partial charge in [-0.25, -0.2) is 0 Å². The summed E-state index contributed by atoms with van der Waals surface area (Å²) < 4.78 is 0. The Morgan fingerprint density at radius 1 is 1.64 bits per heavy atom. The van der Waals surface area contributed by atoms with E-state index in [2.05, 4.69) is 5.32 Å². The minimum Gasteiger partial charge on any atom is -0.332 e. The second-order valence-electron chi connectivity index (χ2n) is 2.21. The molecule has 1 N–H and O–H groups in total. The fourth-order valence-electron chi connectivity index (χ4n) is 0.798. The van der Waals surface area contributed by atoms with Gasteiger partial charge in [0, 0.05) is 6.20 Å². The second kappa shape index (κ2) is 3.57. The fraction of sp³-hybridized carbons (Fsp3) is 0.250. The van der Waals surface area contributed by atoms with Crippen LogP contribution in [0.3, 0.4) is 0 Å². The van der Waals surface area contributed by atoms with Crippen LogP contribution < -0.4 is 5.32 Å². The minimum atomic E-state index is -0.545. The maximum absolute atomic E-state index is 11.0. The standard InChI is InChI=1S/C8H8N2O/c9-6-7-4-2-1-3-5-10-8(7)11/h1-3,5,7H,4H2,(H,10,11). The largest absolute Gasteiger partial charge is 0.332 e. The Kier molecular flexibility index (Phi) is 2.45. The highest BCUT2D eigenvalue weighted by atomic mass is 16.1. The van der Waals surface area contributed by atoms with Crippen molar-refractivity contribution in [2.75, 3.05) is 0 Å². The molecular weight excluding hydrogens is 140 g/mol. The molecule has 0 saturated heterocycles. The summed E-state index contributed by atoms with van der Waals surface area (Å²) in [7, 11) is 0. The molecule has 0 aromatic heterocycles. The minimum absolute atomic E-state index is 0.229. The summed E-state index contributed by atoms with van der Waals surface area (Å²) in [6, 6.07) is 1.92. The molecule has 3 nitrogen and oxygen atoms in total. The van der Waals surface area contributed by atoms with Crippen molar-refractivity contribution in [3.05, 3.63) is 24.4 Å². The van der Waals surface area contributed by atoms with E-state index >= 15 is 0 Å². The van der Waals surface area contributed by atoms with E-state index in [0.717, 1.165) is 0 Å². The van der Waals surface area contributed by atoms with Crippen LogP contribution in [0.5, 0.6) is 0 Å². The zero-order valence-corrected chi connectivity index (χ0v) is 5.95. The average molecular weight is 148 g/mol. The molecule has 1 aliphatic rings. The molecule has 11 heavy (non-hydrogen) atoms. The molecule has 0 aliphatic carbocycles. The Morgan fingerprint density at radius 3 is 3.18 bits per heavy atom. The van der Waals surface area contributed by atoms with E-state index in [0.29, 0.717) is 6.42 Å². The smallest absolute Gasteiger partial charge is 0.241 e. The third-order valence-corrected chi connectivity index (χ3v) is 1.41. The van der Waals surface area contributed by atoms with Gasteiger partial charge in [0.1, 0.15) is 5.92 Å². The number of carbonyl (C=O) groups is 1. The van der Waals surface area contributed by atoms with Crippen molar-refractivity contribution >= 4 is 5.91 Å². The number of nitrogens with zero attached hydrogens (tertiary/aromatic N) is 1.